The first-order chi connectivity index (χ1) is 10.3. The lowest BCUT2D eigenvalue weighted by molar-refractivity contribution is 0.0280. The van der Waals surface area contributed by atoms with Gasteiger partial charge in [0.15, 0.2) is 0 Å². The van der Waals surface area contributed by atoms with Gasteiger partial charge in [-0.2, -0.15) is 0 Å². The van der Waals surface area contributed by atoms with Crippen molar-refractivity contribution in [3.63, 3.8) is 0 Å². The Hall–Kier alpha value is -1.91. The molecule has 0 aliphatic carbocycles. The maximum atomic E-state index is 12.7. The fraction of sp³-hybridized carbons (Fsp3) is 0.294. The zero-order chi connectivity index (χ0) is 16.2. The third kappa shape index (κ3) is 4.83. The number of amides is 1. The first-order valence-corrected chi connectivity index (χ1v) is 7.40. The van der Waals surface area contributed by atoms with E-state index >= 15 is 0 Å². The largest absolute Gasteiger partial charge is 0.389 e. The molecule has 0 bridgehead atoms. The van der Waals surface area contributed by atoms with Gasteiger partial charge in [-0.3, -0.25) is 4.79 Å². The Morgan fingerprint density at radius 1 is 1.23 bits per heavy atom. The fourth-order valence-electron chi connectivity index (χ4n) is 2.16. The first kappa shape index (κ1) is 16.5. The highest BCUT2D eigenvalue weighted by atomic mass is 35.5. The van der Waals surface area contributed by atoms with Crippen LogP contribution in [-0.2, 0) is 6.54 Å². The van der Waals surface area contributed by atoms with Crippen LogP contribution in [0.2, 0.25) is 5.15 Å². The molecule has 0 spiro atoms. The molecule has 0 fully saturated rings. The molecule has 1 heterocycles. The van der Waals surface area contributed by atoms with Crippen LogP contribution in [-0.4, -0.2) is 33.0 Å². The average Bonchev–Trinajstić information content (AvgIpc) is 2.46. The smallest absolute Gasteiger partial charge is 0.255 e. The standard InChI is InChI=1S/C17H19ClN2O2/c1-17(2,22)12-20(11-13-6-4-3-5-7-13)16(21)14-8-9-15(18)19-10-14/h3-10,22H,11-12H2,1-2H3. The molecule has 1 aromatic heterocycles. The highest BCUT2D eigenvalue weighted by Gasteiger charge is 2.23. The maximum absolute atomic E-state index is 12.7. The predicted octanol–water partition coefficient (Wildman–Crippen LogP) is 3.15. The van der Waals surface area contributed by atoms with Gasteiger partial charge in [-0.15, -0.1) is 0 Å². The van der Waals surface area contributed by atoms with Gasteiger partial charge in [0.25, 0.3) is 5.91 Å². The number of pyridine rings is 1. The van der Waals surface area contributed by atoms with Gasteiger partial charge >= 0.3 is 0 Å². The van der Waals surface area contributed by atoms with Gasteiger partial charge in [0.05, 0.1) is 11.2 Å². The number of hydrogen-bond acceptors (Lipinski definition) is 3. The van der Waals surface area contributed by atoms with E-state index in [1.807, 2.05) is 30.3 Å². The van der Waals surface area contributed by atoms with Crippen molar-refractivity contribution in [3.8, 4) is 0 Å². The summed E-state index contributed by atoms with van der Waals surface area (Å²) in [6, 6.07) is 12.9. The van der Waals surface area contributed by atoms with E-state index in [0.717, 1.165) is 5.56 Å². The summed E-state index contributed by atoms with van der Waals surface area (Å²) >= 11 is 5.76. The zero-order valence-electron chi connectivity index (χ0n) is 12.7. The maximum Gasteiger partial charge on any atom is 0.255 e. The lowest BCUT2D eigenvalue weighted by Gasteiger charge is -2.29. The van der Waals surface area contributed by atoms with Gasteiger partial charge < -0.3 is 10.0 Å². The number of nitrogens with zero attached hydrogens (tertiary/aromatic N) is 2. The Kier molecular flexibility index (Phi) is 5.16. The predicted molar refractivity (Wildman–Crippen MR) is 86.7 cm³/mol. The molecule has 0 aliphatic heterocycles. The Bertz CT molecular complexity index is 621. The Balaban J connectivity index is 2.23. The Morgan fingerprint density at radius 2 is 1.91 bits per heavy atom. The third-order valence-corrected chi connectivity index (χ3v) is 3.28. The second-order valence-electron chi connectivity index (χ2n) is 5.83. The van der Waals surface area contributed by atoms with Crippen molar-refractivity contribution in [1.82, 2.24) is 9.88 Å². The number of hydrogen-bond donors (Lipinski definition) is 1. The molecule has 1 aromatic carbocycles. The molecule has 0 aliphatic rings. The van der Waals surface area contributed by atoms with Crippen molar-refractivity contribution in [3.05, 3.63) is 64.9 Å². The summed E-state index contributed by atoms with van der Waals surface area (Å²) < 4.78 is 0. The second-order valence-corrected chi connectivity index (χ2v) is 6.22. The van der Waals surface area contributed by atoms with Crippen molar-refractivity contribution in [2.45, 2.75) is 26.0 Å². The number of benzene rings is 1. The lowest BCUT2D eigenvalue weighted by Crippen LogP contribution is -2.41. The van der Waals surface area contributed by atoms with E-state index in [0.29, 0.717) is 17.3 Å². The van der Waals surface area contributed by atoms with E-state index in [2.05, 4.69) is 4.98 Å². The van der Waals surface area contributed by atoms with Crippen LogP contribution in [0.4, 0.5) is 0 Å². The number of carbonyl (C=O) groups excluding carboxylic acids is 1. The summed E-state index contributed by atoms with van der Waals surface area (Å²) in [5, 5.41) is 10.4. The molecule has 1 amide bonds. The van der Waals surface area contributed by atoms with E-state index in [1.54, 1.807) is 30.9 Å². The summed E-state index contributed by atoms with van der Waals surface area (Å²) in [6.07, 6.45) is 1.45. The van der Waals surface area contributed by atoms with Crippen LogP contribution in [0.15, 0.2) is 48.7 Å². The van der Waals surface area contributed by atoms with Crippen LogP contribution >= 0.6 is 11.6 Å². The summed E-state index contributed by atoms with van der Waals surface area (Å²) in [5.41, 5.74) is 0.469. The van der Waals surface area contributed by atoms with Crippen LogP contribution in [0.1, 0.15) is 29.8 Å². The summed E-state index contributed by atoms with van der Waals surface area (Å²) in [7, 11) is 0. The highest BCUT2D eigenvalue weighted by Crippen LogP contribution is 2.15. The molecule has 0 unspecified atom stereocenters. The molecule has 0 saturated heterocycles. The fourth-order valence-corrected chi connectivity index (χ4v) is 2.27. The topological polar surface area (TPSA) is 53.4 Å². The van der Waals surface area contributed by atoms with E-state index in [-0.39, 0.29) is 12.5 Å². The molecule has 4 nitrogen and oxygen atoms in total. The van der Waals surface area contributed by atoms with Gasteiger partial charge in [0.1, 0.15) is 5.15 Å². The van der Waals surface area contributed by atoms with Gasteiger partial charge in [0.2, 0.25) is 0 Å². The van der Waals surface area contributed by atoms with Gasteiger partial charge in [0, 0.05) is 19.3 Å². The third-order valence-electron chi connectivity index (χ3n) is 3.06. The van der Waals surface area contributed by atoms with E-state index in [1.165, 1.54) is 6.20 Å². The minimum Gasteiger partial charge on any atom is -0.389 e. The molecule has 5 heteroatoms. The number of rotatable bonds is 5. The molecule has 116 valence electrons. The van der Waals surface area contributed by atoms with Crippen LogP contribution in [0, 0.1) is 0 Å². The van der Waals surface area contributed by atoms with Crippen molar-refractivity contribution in [2.75, 3.05) is 6.54 Å². The van der Waals surface area contributed by atoms with Gasteiger partial charge in [-0.05, 0) is 31.5 Å². The lowest BCUT2D eigenvalue weighted by atomic mass is 10.1. The SMILES string of the molecule is CC(C)(O)CN(Cc1ccccc1)C(=O)c1ccc(Cl)nc1. The Labute approximate surface area is 135 Å². The summed E-state index contributed by atoms with van der Waals surface area (Å²) in [4.78, 5) is 18.2. The molecule has 2 aromatic rings. The van der Waals surface area contributed by atoms with Crippen LogP contribution in [0.25, 0.3) is 0 Å². The molecule has 2 rings (SSSR count). The molecule has 1 N–H and O–H groups in total. The number of aliphatic hydroxyl groups is 1. The average molecular weight is 319 g/mol. The molecule has 0 atom stereocenters. The first-order valence-electron chi connectivity index (χ1n) is 7.02. The second kappa shape index (κ2) is 6.90. The number of halogens is 1. The van der Waals surface area contributed by atoms with E-state index in [9.17, 15) is 9.90 Å². The monoisotopic (exact) mass is 318 g/mol. The minimum atomic E-state index is -0.982. The summed E-state index contributed by atoms with van der Waals surface area (Å²) in [5.74, 6) is -0.185. The molecular formula is C17H19ClN2O2. The quantitative estimate of drug-likeness (QED) is 0.862. The van der Waals surface area contributed by atoms with Crippen molar-refractivity contribution >= 4 is 17.5 Å². The highest BCUT2D eigenvalue weighted by molar-refractivity contribution is 6.29. The number of aromatic nitrogens is 1. The number of carbonyl (C=O) groups is 1. The van der Waals surface area contributed by atoms with Crippen LogP contribution in [0.5, 0.6) is 0 Å². The van der Waals surface area contributed by atoms with Crippen molar-refractivity contribution in [1.29, 1.82) is 0 Å². The Morgan fingerprint density at radius 3 is 2.45 bits per heavy atom. The molecule has 22 heavy (non-hydrogen) atoms. The van der Waals surface area contributed by atoms with Gasteiger partial charge in [-0.1, -0.05) is 41.9 Å². The van der Waals surface area contributed by atoms with Gasteiger partial charge in [-0.25, -0.2) is 4.98 Å². The van der Waals surface area contributed by atoms with Crippen molar-refractivity contribution in [2.24, 2.45) is 0 Å². The van der Waals surface area contributed by atoms with E-state index < -0.39 is 5.60 Å². The summed E-state index contributed by atoms with van der Waals surface area (Å²) in [6.45, 7) is 4.01. The molecule has 0 saturated carbocycles. The van der Waals surface area contributed by atoms with Crippen molar-refractivity contribution < 1.29 is 9.90 Å². The minimum absolute atomic E-state index is 0.185. The molecule has 0 radical (unpaired) electrons. The van der Waals surface area contributed by atoms with Crippen LogP contribution < -0.4 is 0 Å². The molecular weight excluding hydrogens is 300 g/mol. The normalized spacial score (nSPS) is 11.3. The van der Waals surface area contributed by atoms with Crippen LogP contribution in [0.3, 0.4) is 0 Å². The van der Waals surface area contributed by atoms with E-state index in [4.69, 9.17) is 11.6 Å². The zero-order valence-corrected chi connectivity index (χ0v) is 13.4.